The van der Waals surface area contributed by atoms with Crippen molar-refractivity contribution in [1.29, 1.82) is 0 Å². The van der Waals surface area contributed by atoms with Gasteiger partial charge in [-0.2, -0.15) is 0 Å². The second-order valence-electron chi connectivity index (χ2n) is 15.2. The van der Waals surface area contributed by atoms with Gasteiger partial charge in [0.1, 0.15) is 13.2 Å². The minimum atomic E-state index is -0.896. The summed E-state index contributed by atoms with van der Waals surface area (Å²) in [5.74, 6) is -3.06. The van der Waals surface area contributed by atoms with Crippen LogP contribution in [-0.2, 0) is 51.5 Å². The molecule has 12 heteroatoms. The summed E-state index contributed by atoms with van der Waals surface area (Å²) in [5, 5.41) is 17.1. The van der Waals surface area contributed by atoms with Gasteiger partial charge in [0.25, 0.3) is 0 Å². The molecule has 3 fully saturated rings. The molecule has 57 heavy (non-hydrogen) atoms. The van der Waals surface area contributed by atoms with E-state index >= 15 is 0 Å². The van der Waals surface area contributed by atoms with Gasteiger partial charge < -0.3 is 29.5 Å². The van der Waals surface area contributed by atoms with Gasteiger partial charge in [0.05, 0.1) is 17.8 Å². The minimum Gasteiger partial charge on any atom is -0.481 e. The van der Waals surface area contributed by atoms with Crippen molar-refractivity contribution >= 4 is 35.7 Å². The fraction of sp³-hybridized carbons (Fsp3) is 0.600. The summed E-state index contributed by atoms with van der Waals surface area (Å²) in [5.41, 5.74) is 1.90. The van der Waals surface area contributed by atoms with E-state index in [-0.39, 0.29) is 48.6 Å². The predicted octanol–water partition coefficient (Wildman–Crippen LogP) is 8.06. The molecule has 2 aromatic carbocycles. The molecule has 316 valence electrons. The van der Waals surface area contributed by atoms with E-state index in [2.05, 4.69) is 0 Å². The van der Waals surface area contributed by atoms with Crippen molar-refractivity contribution < 1.29 is 48.5 Å². The van der Waals surface area contributed by atoms with E-state index in [9.17, 15) is 28.8 Å². The summed E-state index contributed by atoms with van der Waals surface area (Å²) in [6.45, 7) is 9.10. The van der Waals surface area contributed by atoms with Crippen molar-refractivity contribution in [3.8, 4) is 0 Å². The van der Waals surface area contributed by atoms with Crippen molar-refractivity contribution in [3.63, 3.8) is 0 Å². The van der Waals surface area contributed by atoms with Crippen molar-refractivity contribution in [2.45, 2.75) is 130 Å². The van der Waals surface area contributed by atoms with Crippen LogP contribution in [-0.4, -0.2) is 81.9 Å². The van der Waals surface area contributed by atoms with E-state index in [1.54, 1.807) is 13.8 Å². The molecule has 1 saturated carbocycles. The number of nitrogens with zero attached hydrogens (tertiary/aromatic N) is 2. The van der Waals surface area contributed by atoms with Gasteiger partial charge in [0, 0.05) is 45.4 Å². The fourth-order valence-electron chi connectivity index (χ4n) is 6.25. The Morgan fingerprint density at radius 2 is 0.842 bits per heavy atom. The largest absolute Gasteiger partial charge is 0.481 e. The SMILES string of the molecule is C1CCCC1.C[C@H](CCC(=O)N1CCCC1)C(=O)O.C[C@H](CCC(=O)N1CCCC1)C(=O)OCc1ccccc1.C[C@H](CCC(=O)O)C(=O)OCc1ccccc1. The predicted molar refractivity (Wildman–Crippen MR) is 218 cm³/mol. The number of carbonyl (C=O) groups excluding carboxylic acids is 4. The molecule has 5 rings (SSSR count). The first-order valence-electron chi connectivity index (χ1n) is 20.8. The monoisotopic (exact) mass is 794 g/mol. The molecule has 2 N–H and O–H groups in total. The first-order valence-corrected chi connectivity index (χ1v) is 20.8. The number of rotatable bonds is 16. The molecule has 2 saturated heterocycles. The maximum absolute atomic E-state index is 11.9. The van der Waals surface area contributed by atoms with E-state index < -0.39 is 17.9 Å². The van der Waals surface area contributed by atoms with Crippen LogP contribution in [0.3, 0.4) is 0 Å². The number of carboxylic acids is 2. The zero-order chi connectivity index (χ0) is 41.8. The first-order chi connectivity index (χ1) is 27.4. The van der Waals surface area contributed by atoms with Gasteiger partial charge in [0.2, 0.25) is 11.8 Å². The molecular weight excluding hydrogens is 728 g/mol. The number of amides is 2. The third-order valence-electron chi connectivity index (χ3n) is 10.2. The molecule has 0 aromatic heterocycles. The van der Waals surface area contributed by atoms with Gasteiger partial charge in [-0.1, -0.05) is 114 Å². The number of aliphatic carboxylic acids is 2. The van der Waals surface area contributed by atoms with Crippen molar-refractivity contribution in [1.82, 2.24) is 9.80 Å². The Hall–Kier alpha value is -4.74. The van der Waals surface area contributed by atoms with Crippen LogP contribution in [0, 0.1) is 17.8 Å². The number of ether oxygens (including phenoxy) is 2. The average Bonchev–Trinajstić information content (AvgIpc) is 4.07. The number of carboxylic acid groups (broad SMARTS) is 2. The van der Waals surface area contributed by atoms with Gasteiger partial charge in [-0.25, -0.2) is 0 Å². The number of carbonyl (C=O) groups is 6. The number of esters is 2. The first kappa shape index (κ1) is 48.4. The number of hydrogen-bond acceptors (Lipinski definition) is 8. The summed E-state index contributed by atoms with van der Waals surface area (Å²) < 4.78 is 10.4. The normalized spacial score (nSPS) is 15.9. The molecule has 0 bridgehead atoms. The Bertz CT molecular complexity index is 1460. The van der Waals surface area contributed by atoms with Crippen LogP contribution in [0.5, 0.6) is 0 Å². The van der Waals surface area contributed by atoms with Crippen LogP contribution >= 0.6 is 0 Å². The Labute approximate surface area is 339 Å². The third-order valence-corrected chi connectivity index (χ3v) is 10.2. The van der Waals surface area contributed by atoms with Gasteiger partial charge in [-0.3, -0.25) is 28.8 Å². The second-order valence-corrected chi connectivity index (χ2v) is 15.2. The lowest BCUT2D eigenvalue weighted by atomic mass is 10.1. The Morgan fingerprint density at radius 1 is 0.509 bits per heavy atom. The Morgan fingerprint density at radius 3 is 1.18 bits per heavy atom. The molecule has 0 radical (unpaired) electrons. The zero-order valence-electron chi connectivity index (χ0n) is 34.4. The van der Waals surface area contributed by atoms with E-state index in [1.807, 2.05) is 77.4 Å². The summed E-state index contributed by atoms with van der Waals surface area (Å²) in [6.07, 6.45) is 14.0. The molecule has 2 heterocycles. The molecule has 12 nitrogen and oxygen atoms in total. The number of likely N-dealkylation sites (tertiary alicyclic amines) is 2. The Kier molecular flexibility index (Phi) is 24.3. The maximum atomic E-state index is 11.9. The molecule has 3 atom stereocenters. The third kappa shape index (κ3) is 22.0. The lowest BCUT2D eigenvalue weighted by Gasteiger charge is -2.16. The lowest BCUT2D eigenvalue weighted by molar-refractivity contribution is -0.151. The summed E-state index contributed by atoms with van der Waals surface area (Å²) in [7, 11) is 0. The van der Waals surface area contributed by atoms with Crippen LogP contribution in [0.15, 0.2) is 60.7 Å². The topological polar surface area (TPSA) is 168 Å². The van der Waals surface area contributed by atoms with E-state index in [4.69, 9.17) is 19.7 Å². The summed E-state index contributed by atoms with van der Waals surface area (Å²) in [6, 6.07) is 19.0. The minimum absolute atomic E-state index is 0.0123. The van der Waals surface area contributed by atoms with Crippen LogP contribution in [0.25, 0.3) is 0 Å². The highest BCUT2D eigenvalue weighted by Crippen LogP contribution is 2.17. The Balaban J connectivity index is 0.000000282. The average molecular weight is 795 g/mol. The second kappa shape index (κ2) is 28.6. The van der Waals surface area contributed by atoms with Crippen LogP contribution in [0.4, 0.5) is 0 Å². The smallest absolute Gasteiger partial charge is 0.308 e. The van der Waals surface area contributed by atoms with Crippen LogP contribution in [0.2, 0.25) is 0 Å². The van der Waals surface area contributed by atoms with Crippen LogP contribution < -0.4 is 0 Å². The fourth-order valence-corrected chi connectivity index (χ4v) is 6.25. The lowest BCUT2D eigenvalue weighted by Crippen LogP contribution is -2.28. The van der Waals surface area contributed by atoms with E-state index in [1.165, 1.54) is 32.1 Å². The van der Waals surface area contributed by atoms with Gasteiger partial charge in [0.15, 0.2) is 0 Å². The van der Waals surface area contributed by atoms with E-state index in [0.29, 0.717) is 38.7 Å². The highest BCUT2D eigenvalue weighted by Gasteiger charge is 2.22. The molecule has 0 unspecified atom stereocenters. The highest BCUT2D eigenvalue weighted by molar-refractivity contribution is 5.78. The van der Waals surface area contributed by atoms with Gasteiger partial charge in [-0.05, 0) is 56.1 Å². The van der Waals surface area contributed by atoms with Gasteiger partial charge >= 0.3 is 23.9 Å². The van der Waals surface area contributed by atoms with E-state index in [0.717, 1.165) is 63.0 Å². The standard InChI is InChI=1S/C17H23NO3.C13H16O4.C10H17NO3.C5H10/c1-14(9-10-16(19)18-11-5-6-12-18)17(20)21-13-15-7-3-2-4-8-15;1-10(7-8-12(14)15)13(16)17-9-11-5-3-2-4-6-11;1-8(10(13)14)4-5-9(12)11-6-2-3-7-11;1-2-4-5-3-1/h2-4,7-8,14H,5-6,9-13H2,1H3;2-6,10H,7-9H2,1H3,(H,14,15);8H,2-7H2,1H3,(H,13,14);1-5H2/t14-;10-;8-;/m111./s1. The molecule has 2 aliphatic heterocycles. The molecule has 3 aliphatic rings. The molecular formula is C45H66N2O10. The summed E-state index contributed by atoms with van der Waals surface area (Å²) in [4.78, 5) is 71.4. The molecule has 2 amide bonds. The number of benzene rings is 2. The van der Waals surface area contributed by atoms with Crippen molar-refractivity contribution in [3.05, 3.63) is 71.8 Å². The van der Waals surface area contributed by atoms with Crippen molar-refractivity contribution in [2.24, 2.45) is 17.8 Å². The highest BCUT2D eigenvalue weighted by atomic mass is 16.5. The van der Waals surface area contributed by atoms with Gasteiger partial charge in [-0.15, -0.1) is 0 Å². The molecule has 2 aromatic rings. The quantitative estimate of drug-likeness (QED) is 0.159. The number of hydrogen-bond donors (Lipinski definition) is 2. The van der Waals surface area contributed by atoms with Crippen molar-refractivity contribution in [2.75, 3.05) is 26.2 Å². The molecule has 1 aliphatic carbocycles. The zero-order valence-corrected chi connectivity index (χ0v) is 34.4. The molecule has 0 spiro atoms. The summed E-state index contributed by atoms with van der Waals surface area (Å²) >= 11 is 0. The van der Waals surface area contributed by atoms with Crippen LogP contribution in [0.1, 0.15) is 128 Å². The maximum Gasteiger partial charge on any atom is 0.308 e.